The number of nitrogen functional groups attached to an aromatic ring is 1. The molecule has 0 atom stereocenters. The van der Waals surface area contributed by atoms with Crippen LogP contribution in [0, 0.1) is 0 Å². The van der Waals surface area contributed by atoms with Crippen molar-refractivity contribution in [3.8, 4) is 0 Å². The zero-order valence-corrected chi connectivity index (χ0v) is 9.73. The first-order valence-corrected chi connectivity index (χ1v) is 5.33. The fourth-order valence-electron chi connectivity index (χ4n) is 1.35. The molecule has 18 heavy (non-hydrogen) atoms. The molecule has 0 spiro atoms. The zero-order chi connectivity index (χ0) is 12.8. The maximum atomic E-state index is 5.68. The third-order valence-corrected chi connectivity index (χ3v) is 2.17. The molecule has 0 aliphatic rings. The summed E-state index contributed by atoms with van der Waals surface area (Å²) in [5.41, 5.74) is 7.03. The number of anilines is 1. The fourth-order valence-corrected chi connectivity index (χ4v) is 1.35. The van der Waals surface area contributed by atoms with Crippen LogP contribution in [-0.4, -0.2) is 14.9 Å². The van der Waals surface area contributed by atoms with E-state index in [1.165, 1.54) is 17.4 Å². The van der Waals surface area contributed by atoms with E-state index >= 15 is 0 Å². The van der Waals surface area contributed by atoms with Gasteiger partial charge in [0.2, 0.25) is 5.49 Å². The van der Waals surface area contributed by atoms with Crippen LogP contribution in [-0.2, 0) is 6.61 Å². The lowest BCUT2D eigenvalue weighted by atomic mass is 10.2. The topological polar surface area (TPSA) is 78.3 Å². The van der Waals surface area contributed by atoms with Crippen molar-refractivity contribution in [1.82, 2.24) is 14.9 Å². The van der Waals surface area contributed by atoms with E-state index in [2.05, 4.69) is 21.7 Å². The summed E-state index contributed by atoms with van der Waals surface area (Å²) >= 11 is 0. The highest BCUT2D eigenvalue weighted by molar-refractivity contribution is 5.20. The molecule has 0 amide bonds. The summed E-state index contributed by atoms with van der Waals surface area (Å²) in [5, 5.41) is 3.94. The van der Waals surface area contributed by atoms with Crippen LogP contribution in [0.4, 0.5) is 5.82 Å². The van der Waals surface area contributed by atoms with Crippen molar-refractivity contribution in [1.29, 1.82) is 0 Å². The van der Waals surface area contributed by atoms with Gasteiger partial charge in [-0.3, -0.25) is 0 Å². The van der Waals surface area contributed by atoms with Crippen LogP contribution in [0.15, 0.2) is 54.4 Å². The van der Waals surface area contributed by atoms with Crippen molar-refractivity contribution >= 4 is 5.82 Å². The Labute approximate surface area is 104 Å². The second kappa shape index (κ2) is 5.62. The van der Waals surface area contributed by atoms with Crippen molar-refractivity contribution in [3.05, 3.63) is 60.5 Å². The molecule has 1 heterocycles. The molecule has 6 nitrogen and oxygen atoms in total. The van der Waals surface area contributed by atoms with E-state index in [1.54, 1.807) is 0 Å². The third kappa shape index (κ3) is 2.73. The highest BCUT2D eigenvalue weighted by Gasteiger charge is 2.01. The van der Waals surface area contributed by atoms with E-state index in [9.17, 15) is 0 Å². The Morgan fingerprint density at radius 3 is 2.89 bits per heavy atom. The molecule has 0 radical (unpaired) electrons. The van der Waals surface area contributed by atoms with Crippen LogP contribution < -0.4 is 16.1 Å². The molecule has 0 saturated carbocycles. The van der Waals surface area contributed by atoms with Crippen molar-refractivity contribution in [2.75, 3.05) is 5.73 Å². The minimum Gasteiger partial charge on any atom is -0.390 e. The van der Waals surface area contributed by atoms with E-state index in [-0.39, 0.29) is 5.82 Å². The van der Waals surface area contributed by atoms with Gasteiger partial charge in [0.15, 0.2) is 5.82 Å². The number of aromatic nitrogens is 3. The lowest BCUT2D eigenvalue weighted by Crippen LogP contribution is -2.32. The molecule has 0 unspecified atom stereocenters. The highest BCUT2D eigenvalue weighted by Crippen LogP contribution is 1.97. The van der Waals surface area contributed by atoms with Gasteiger partial charge >= 0.3 is 0 Å². The summed E-state index contributed by atoms with van der Waals surface area (Å²) in [7, 11) is 0. The van der Waals surface area contributed by atoms with Gasteiger partial charge in [0.25, 0.3) is 0 Å². The van der Waals surface area contributed by atoms with Gasteiger partial charge in [-0.05, 0) is 5.56 Å². The fraction of sp³-hybridized carbons (Fsp3) is 0.0833. The Bertz CT molecular complexity index is 591. The molecule has 0 saturated heterocycles. The number of rotatable bonds is 4. The second-order valence-electron chi connectivity index (χ2n) is 3.41. The van der Waals surface area contributed by atoms with Gasteiger partial charge < -0.3 is 10.6 Å². The summed E-state index contributed by atoms with van der Waals surface area (Å²) in [6.45, 7) is 3.87. The Morgan fingerprint density at radius 2 is 2.17 bits per heavy atom. The maximum Gasteiger partial charge on any atom is 0.232 e. The first kappa shape index (κ1) is 11.8. The van der Waals surface area contributed by atoms with E-state index in [0.717, 1.165) is 5.56 Å². The molecule has 0 bridgehead atoms. The predicted molar refractivity (Wildman–Crippen MR) is 66.9 cm³/mol. The first-order valence-electron chi connectivity index (χ1n) is 5.33. The quantitative estimate of drug-likeness (QED) is 0.849. The third-order valence-electron chi connectivity index (χ3n) is 2.17. The van der Waals surface area contributed by atoms with Crippen LogP contribution in [0.2, 0.25) is 0 Å². The summed E-state index contributed by atoms with van der Waals surface area (Å²) in [4.78, 5) is 14.5. The van der Waals surface area contributed by atoms with Gasteiger partial charge in [-0.1, -0.05) is 41.8 Å². The average Bonchev–Trinajstić information content (AvgIpc) is 2.41. The number of hydrogen-bond donors (Lipinski definition) is 1. The van der Waals surface area contributed by atoms with E-state index in [4.69, 9.17) is 10.6 Å². The summed E-state index contributed by atoms with van der Waals surface area (Å²) in [6, 6.07) is 9.72. The Hall–Kier alpha value is -2.63. The predicted octanol–water partition coefficient (Wildman–Crippen LogP) is 0.533. The summed E-state index contributed by atoms with van der Waals surface area (Å²) in [5.74, 6) is 0.234. The van der Waals surface area contributed by atoms with Crippen LogP contribution in [0.25, 0.3) is 0 Å². The smallest absolute Gasteiger partial charge is 0.232 e. The SMILES string of the molecule is C=CN=c1c(N)ncnn1OCc1ccccc1. The molecule has 2 N–H and O–H groups in total. The highest BCUT2D eigenvalue weighted by atomic mass is 16.7. The minimum atomic E-state index is 0.234. The molecule has 92 valence electrons. The summed E-state index contributed by atoms with van der Waals surface area (Å²) < 4.78 is 0. The molecular weight excluding hydrogens is 230 g/mol. The van der Waals surface area contributed by atoms with Gasteiger partial charge in [-0.15, -0.1) is 5.10 Å². The molecule has 1 aromatic carbocycles. The number of nitrogens with two attached hydrogens (primary N) is 1. The minimum absolute atomic E-state index is 0.234. The molecule has 0 aliphatic carbocycles. The Balaban J connectivity index is 2.22. The van der Waals surface area contributed by atoms with Crippen molar-refractivity contribution < 1.29 is 4.84 Å². The van der Waals surface area contributed by atoms with Gasteiger partial charge in [0.1, 0.15) is 12.9 Å². The normalized spacial score (nSPS) is 11.2. The van der Waals surface area contributed by atoms with Gasteiger partial charge in [0.05, 0.1) is 0 Å². The number of nitrogens with zero attached hydrogens (tertiary/aromatic N) is 4. The van der Waals surface area contributed by atoms with Gasteiger partial charge in [-0.2, -0.15) is 0 Å². The van der Waals surface area contributed by atoms with E-state index in [0.29, 0.717) is 12.1 Å². The molecule has 2 rings (SSSR count). The molecule has 1 aromatic heterocycles. The monoisotopic (exact) mass is 243 g/mol. The molecule has 0 fully saturated rings. The molecule has 6 heteroatoms. The molecular formula is C12H13N5O. The Morgan fingerprint density at radius 1 is 1.39 bits per heavy atom. The standard InChI is InChI=1S/C12H13N5O/c1-2-14-12-11(13)15-9-16-17(12)18-8-10-6-4-3-5-7-10/h2-7,9H,1,8H2,(H2,13,15,16). The second-order valence-corrected chi connectivity index (χ2v) is 3.41. The summed E-state index contributed by atoms with van der Waals surface area (Å²) in [6.07, 6.45) is 2.67. The number of benzene rings is 1. The van der Waals surface area contributed by atoms with Gasteiger partial charge in [0, 0.05) is 6.20 Å². The van der Waals surface area contributed by atoms with Crippen molar-refractivity contribution in [2.45, 2.75) is 6.61 Å². The molecule has 0 aliphatic heterocycles. The van der Waals surface area contributed by atoms with Crippen molar-refractivity contribution in [2.24, 2.45) is 4.99 Å². The van der Waals surface area contributed by atoms with Crippen LogP contribution >= 0.6 is 0 Å². The Kier molecular flexibility index (Phi) is 3.70. The van der Waals surface area contributed by atoms with Crippen molar-refractivity contribution in [3.63, 3.8) is 0 Å². The lowest BCUT2D eigenvalue weighted by Gasteiger charge is -2.08. The van der Waals surface area contributed by atoms with Gasteiger partial charge in [-0.25, -0.2) is 9.98 Å². The van der Waals surface area contributed by atoms with Crippen LogP contribution in [0.5, 0.6) is 0 Å². The van der Waals surface area contributed by atoms with Crippen LogP contribution in [0.1, 0.15) is 5.56 Å². The first-order chi connectivity index (χ1) is 8.81. The zero-order valence-electron chi connectivity index (χ0n) is 9.73. The van der Waals surface area contributed by atoms with E-state index < -0.39 is 0 Å². The largest absolute Gasteiger partial charge is 0.390 e. The lowest BCUT2D eigenvalue weighted by molar-refractivity contribution is 0.0572. The van der Waals surface area contributed by atoms with E-state index in [1.807, 2.05) is 30.3 Å². The molecule has 2 aromatic rings. The number of hydrogen-bond acceptors (Lipinski definition) is 5. The average molecular weight is 243 g/mol. The van der Waals surface area contributed by atoms with Crippen LogP contribution in [0.3, 0.4) is 0 Å². The maximum absolute atomic E-state index is 5.68.